The van der Waals surface area contributed by atoms with Crippen molar-refractivity contribution in [2.24, 2.45) is 7.05 Å². The van der Waals surface area contributed by atoms with Crippen molar-refractivity contribution in [2.75, 3.05) is 13.2 Å². The largest absolute Gasteiger partial charge is 0.379 e. The lowest BCUT2D eigenvalue weighted by Gasteiger charge is -2.22. The zero-order valence-electron chi connectivity index (χ0n) is 9.60. The lowest BCUT2D eigenvalue weighted by molar-refractivity contribution is 0.178. The molecule has 0 aliphatic carbocycles. The van der Waals surface area contributed by atoms with Gasteiger partial charge < -0.3 is 9.30 Å². The van der Waals surface area contributed by atoms with Crippen molar-refractivity contribution in [3.05, 3.63) is 11.5 Å². The Morgan fingerprint density at radius 3 is 2.82 bits per heavy atom. The minimum absolute atomic E-state index is 0.0972. The first-order valence-electron chi connectivity index (χ1n) is 5.13. The van der Waals surface area contributed by atoms with Crippen LogP contribution in [-0.4, -0.2) is 36.7 Å². The predicted molar refractivity (Wildman–Crippen MR) is 62.4 cm³/mol. The van der Waals surface area contributed by atoms with E-state index in [1.807, 2.05) is 0 Å². The maximum atomic E-state index is 12.1. The Labute approximate surface area is 105 Å². The molecular formula is C9H14ClN3O3S. The highest BCUT2D eigenvalue weighted by Gasteiger charge is 2.36. The second-order valence-corrected chi connectivity index (χ2v) is 6.38. The monoisotopic (exact) mass is 279 g/mol. The Morgan fingerprint density at radius 2 is 2.35 bits per heavy atom. The average Bonchev–Trinajstić information content (AvgIpc) is 2.75. The average molecular weight is 280 g/mol. The topological polar surface area (TPSA) is 73.2 Å². The Kier molecular flexibility index (Phi) is 3.19. The Hall–Kier alpha value is -0.630. The number of hydrogen-bond acceptors (Lipinski definition) is 4. The molecule has 1 aliphatic heterocycles. The Morgan fingerprint density at radius 1 is 1.65 bits per heavy atom. The van der Waals surface area contributed by atoms with Crippen molar-refractivity contribution in [1.82, 2.24) is 14.3 Å². The number of sulfonamides is 1. The lowest BCUT2D eigenvalue weighted by Crippen LogP contribution is -2.46. The summed E-state index contributed by atoms with van der Waals surface area (Å²) in [6.45, 7) is 2.71. The van der Waals surface area contributed by atoms with Crippen LogP contribution in [0.25, 0.3) is 0 Å². The molecule has 1 atom stereocenters. The first-order valence-corrected chi connectivity index (χ1v) is 6.99. The molecule has 0 spiro atoms. The molecule has 1 unspecified atom stereocenters. The summed E-state index contributed by atoms with van der Waals surface area (Å²) >= 11 is 5.87. The molecule has 8 heteroatoms. The molecule has 2 rings (SSSR count). The summed E-state index contributed by atoms with van der Waals surface area (Å²) in [4.78, 5) is 3.80. The van der Waals surface area contributed by atoms with E-state index in [1.165, 1.54) is 10.9 Å². The van der Waals surface area contributed by atoms with Crippen LogP contribution in [0, 0.1) is 0 Å². The fraction of sp³-hybridized carbons (Fsp3) is 0.667. The summed E-state index contributed by atoms with van der Waals surface area (Å²) in [7, 11) is -2.07. The molecule has 1 aromatic heterocycles. The van der Waals surface area contributed by atoms with Gasteiger partial charge in [0.15, 0.2) is 0 Å². The summed E-state index contributed by atoms with van der Waals surface area (Å²) in [6.07, 6.45) is 2.00. The van der Waals surface area contributed by atoms with E-state index in [0.717, 1.165) is 0 Å². The zero-order valence-corrected chi connectivity index (χ0v) is 11.2. The van der Waals surface area contributed by atoms with E-state index in [4.69, 9.17) is 16.3 Å². The van der Waals surface area contributed by atoms with Crippen LogP contribution in [0.2, 0.25) is 5.15 Å². The molecule has 1 aliphatic rings. The minimum atomic E-state index is -3.71. The van der Waals surface area contributed by atoms with Gasteiger partial charge in [0.2, 0.25) is 5.03 Å². The lowest BCUT2D eigenvalue weighted by atomic mass is 10.0. The summed E-state index contributed by atoms with van der Waals surface area (Å²) in [5, 5.41) is -0.0465. The van der Waals surface area contributed by atoms with Gasteiger partial charge in [0.1, 0.15) is 5.15 Å². The van der Waals surface area contributed by atoms with E-state index in [-0.39, 0.29) is 10.2 Å². The smallest absolute Gasteiger partial charge is 0.261 e. The number of nitrogens with zero attached hydrogens (tertiary/aromatic N) is 2. The van der Waals surface area contributed by atoms with Crippen LogP contribution >= 0.6 is 11.6 Å². The molecule has 0 amide bonds. The SMILES string of the molecule is Cn1cnc(S(=O)(=O)NC2(C)CCOC2)c1Cl. The fourth-order valence-electron chi connectivity index (χ4n) is 1.69. The van der Waals surface area contributed by atoms with Gasteiger partial charge in [-0.05, 0) is 13.3 Å². The third-order valence-electron chi connectivity index (χ3n) is 2.69. The molecular weight excluding hydrogens is 266 g/mol. The molecule has 17 heavy (non-hydrogen) atoms. The van der Waals surface area contributed by atoms with Crippen LogP contribution in [0.3, 0.4) is 0 Å². The predicted octanol–water partition coefficient (Wildman–Crippen LogP) is 0.531. The normalized spacial score (nSPS) is 25.4. The van der Waals surface area contributed by atoms with Gasteiger partial charge in [-0.25, -0.2) is 18.1 Å². The number of aromatic nitrogens is 2. The van der Waals surface area contributed by atoms with E-state index in [1.54, 1.807) is 14.0 Å². The van der Waals surface area contributed by atoms with Gasteiger partial charge in [0.25, 0.3) is 10.0 Å². The van der Waals surface area contributed by atoms with Crippen LogP contribution in [0.1, 0.15) is 13.3 Å². The van der Waals surface area contributed by atoms with E-state index >= 15 is 0 Å². The quantitative estimate of drug-likeness (QED) is 0.876. The number of aryl methyl sites for hydroxylation is 1. The van der Waals surface area contributed by atoms with Gasteiger partial charge >= 0.3 is 0 Å². The van der Waals surface area contributed by atoms with Crippen LogP contribution in [0.4, 0.5) is 0 Å². The molecule has 6 nitrogen and oxygen atoms in total. The third-order valence-corrected chi connectivity index (χ3v) is 4.82. The van der Waals surface area contributed by atoms with Crippen molar-refractivity contribution in [2.45, 2.75) is 23.9 Å². The van der Waals surface area contributed by atoms with Crippen LogP contribution in [0.5, 0.6) is 0 Å². The number of ether oxygens (including phenoxy) is 1. The van der Waals surface area contributed by atoms with Crippen molar-refractivity contribution >= 4 is 21.6 Å². The van der Waals surface area contributed by atoms with E-state index < -0.39 is 15.6 Å². The zero-order chi connectivity index (χ0) is 12.7. The second-order valence-electron chi connectivity index (χ2n) is 4.42. The highest BCUT2D eigenvalue weighted by molar-refractivity contribution is 7.89. The molecule has 1 N–H and O–H groups in total. The van der Waals surface area contributed by atoms with Gasteiger partial charge in [0, 0.05) is 13.7 Å². The number of imidazole rings is 1. The van der Waals surface area contributed by atoms with E-state index in [2.05, 4.69) is 9.71 Å². The van der Waals surface area contributed by atoms with E-state index in [9.17, 15) is 8.42 Å². The molecule has 2 heterocycles. The summed E-state index contributed by atoms with van der Waals surface area (Å²) in [6, 6.07) is 0. The first kappa shape index (κ1) is 12.8. The number of rotatable bonds is 3. The van der Waals surface area contributed by atoms with Gasteiger partial charge in [-0.1, -0.05) is 11.6 Å². The molecule has 1 aromatic rings. The van der Waals surface area contributed by atoms with Gasteiger partial charge in [-0.15, -0.1) is 0 Å². The maximum absolute atomic E-state index is 12.1. The summed E-state index contributed by atoms with van der Waals surface area (Å²) in [5.74, 6) is 0. The molecule has 0 bridgehead atoms. The first-order chi connectivity index (χ1) is 7.84. The summed E-state index contributed by atoms with van der Waals surface area (Å²) < 4.78 is 33.4. The summed E-state index contributed by atoms with van der Waals surface area (Å²) in [5.41, 5.74) is -0.584. The van der Waals surface area contributed by atoms with Gasteiger partial charge in [0.05, 0.1) is 18.5 Å². The van der Waals surface area contributed by atoms with Crippen LogP contribution in [-0.2, 0) is 21.8 Å². The van der Waals surface area contributed by atoms with Crippen molar-refractivity contribution in [1.29, 1.82) is 0 Å². The highest BCUT2D eigenvalue weighted by atomic mass is 35.5. The molecule has 1 fully saturated rings. The number of halogens is 1. The van der Waals surface area contributed by atoms with Gasteiger partial charge in [-0.3, -0.25) is 0 Å². The molecule has 1 saturated heterocycles. The molecule has 0 saturated carbocycles. The van der Waals surface area contributed by atoms with Crippen LogP contribution < -0.4 is 4.72 Å². The molecule has 96 valence electrons. The minimum Gasteiger partial charge on any atom is -0.379 e. The Bertz CT molecular complexity index is 520. The second kappa shape index (κ2) is 4.24. The fourth-order valence-corrected chi connectivity index (χ4v) is 3.55. The van der Waals surface area contributed by atoms with Crippen LogP contribution in [0.15, 0.2) is 11.4 Å². The van der Waals surface area contributed by atoms with Crippen molar-refractivity contribution < 1.29 is 13.2 Å². The van der Waals surface area contributed by atoms with E-state index in [0.29, 0.717) is 19.6 Å². The van der Waals surface area contributed by atoms with Crippen molar-refractivity contribution in [3.8, 4) is 0 Å². The number of hydrogen-bond donors (Lipinski definition) is 1. The standard InChI is InChI=1S/C9H14ClN3O3S/c1-9(3-4-16-5-9)12-17(14,15)8-7(10)13(2)6-11-8/h6,12H,3-5H2,1-2H3. The Balaban J connectivity index is 2.28. The van der Waals surface area contributed by atoms with Crippen molar-refractivity contribution in [3.63, 3.8) is 0 Å². The number of nitrogens with one attached hydrogen (secondary N) is 1. The molecule has 0 aromatic carbocycles. The maximum Gasteiger partial charge on any atom is 0.261 e. The highest BCUT2D eigenvalue weighted by Crippen LogP contribution is 2.24. The van der Waals surface area contributed by atoms with Gasteiger partial charge in [-0.2, -0.15) is 0 Å². The third kappa shape index (κ3) is 2.47. The molecule has 0 radical (unpaired) electrons.